The van der Waals surface area contributed by atoms with Crippen LogP contribution in [0, 0.1) is 0 Å². The van der Waals surface area contributed by atoms with E-state index in [2.05, 4.69) is 9.46 Å². The molecule has 1 saturated heterocycles. The van der Waals surface area contributed by atoms with Gasteiger partial charge in [-0.25, -0.2) is 0 Å². The number of nitrogens with zero attached hydrogens (tertiary/aromatic N) is 1. The Labute approximate surface area is 70.7 Å². The van der Waals surface area contributed by atoms with Crippen molar-refractivity contribution in [1.82, 2.24) is 9.03 Å². The molecule has 1 heterocycles. The molecule has 0 aromatic rings. The first-order valence-electron chi connectivity index (χ1n) is 3.29. The molecule has 0 aromatic carbocycles. The highest BCUT2D eigenvalue weighted by molar-refractivity contribution is 7.87. The van der Waals surface area contributed by atoms with Crippen LogP contribution in [0.2, 0.25) is 0 Å². The van der Waals surface area contributed by atoms with Gasteiger partial charge in [0.25, 0.3) is 10.2 Å². The van der Waals surface area contributed by atoms with Crippen molar-refractivity contribution in [3.8, 4) is 0 Å². The maximum Gasteiger partial charge on any atom is 0.325 e. The Morgan fingerprint density at radius 3 is 2.58 bits per heavy atom. The zero-order chi connectivity index (χ0) is 9.35. The molecular formula is C5H10N2O4S. The summed E-state index contributed by atoms with van der Waals surface area (Å²) in [5.74, 6) is -0.550. The van der Waals surface area contributed by atoms with Crippen LogP contribution in [0.1, 0.15) is 0 Å². The van der Waals surface area contributed by atoms with Gasteiger partial charge in [0, 0.05) is 13.6 Å². The van der Waals surface area contributed by atoms with Crippen molar-refractivity contribution < 1.29 is 17.9 Å². The lowest BCUT2D eigenvalue weighted by Crippen LogP contribution is -2.37. The molecule has 1 aliphatic rings. The lowest BCUT2D eigenvalue weighted by atomic mass is 10.3. The molecule has 0 amide bonds. The molecule has 70 valence electrons. The van der Waals surface area contributed by atoms with Gasteiger partial charge >= 0.3 is 5.97 Å². The summed E-state index contributed by atoms with van der Waals surface area (Å²) in [6.07, 6.45) is 0. The summed E-state index contributed by atoms with van der Waals surface area (Å²) in [6.45, 7) is 0.0749. The highest BCUT2D eigenvalue weighted by atomic mass is 32.2. The molecule has 7 heteroatoms. The van der Waals surface area contributed by atoms with Crippen LogP contribution in [0.15, 0.2) is 0 Å². The van der Waals surface area contributed by atoms with Crippen LogP contribution in [-0.4, -0.2) is 45.4 Å². The van der Waals surface area contributed by atoms with Crippen molar-refractivity contribution in [3.05, 3.63) is 0 Å². The Hall–Kier alpha value is -0.660. The smallest absolute Gasteiger partial charge is 0.325 e. The molecule has 0 aliphatic carbocycles. The summed E-state index contributed by atoms with van der Waals surface area (Å²) in [6, 6.07) is -0.736. The number of carbonyl (C=O) groups excluding carboxylic acids is 1. The van der Waals surface area contributed by atoms with E-state index < -0.39 is 22.2 Å². The molecule has 1 N–H and O–H groups in total. The molecule has 0 radical (unpaired) electrons. The van der Waals surface area contributed by atoms with Gasteiger partial charge in [-0.2, -0.15) is 17.4 Å². The van der Waals surface area contributed by atoms with Gasteiger partial charge in [-0.15, -0.1) is 0 Å². The summed E-state index contributed by atoms with van der Waals surface area (Å²) in [5.41, 5.74) is 0. The number of hydrogen-bond acceptors (Lipinski definition) is 4. The molecule has 1 fully saturated rings. The largest absolute Gasteiger partial charge is 0.468 e. The van der Waals surface area contributed by atoms with Crippen molar-refractivity contribution in [2.45, 2.75) is 6.04 Å². The minimum Gasteiger partial charge on any atom is -0.468 e. The predicted octanol–water partition coefficient (Wildman–Crippen LogP) is -1.69. The second-order valence-corrected chi connectivity index (χ2v) is 4.22. The molecule has 0 bridgehead atoms. The monoisotopic (exact) mass is 194 g/mol. The van der Waals surface area contributed by atoms with Crippen LogP contribution >= 0.6 is 0 Å². The zero-order valence-electron chi connectivity index (χ0n) is 6.77. The van der Waals surface area contributed by atoms with E-state index in [1.165, 1.54) is 14.2 Å². The third-order valence-electron chi connectivity index (χ3n) is 1.75. The lowest BCUT2D eigenvalue weighted by Gasteiger charge is -2.13. The van der Waals surface area contributed by atoms with Gasteiger partial charge in [-0.05, 0) is 0 Å². The van der Waals surface area contributed by atoms with Crippen molar-refractivity contribution in [2.24, 2.45) is 0 Å². The van der Waals surface area contributed by atoms with E-state index in [1.54, 1.807) is 0 Å². The number of esters is 1. The fourth-order valence-corrected chi connectivity index (χ4v) is 2.02. The molecule has 0 aromatic heterocycles. The van der Waals surface area contributed by atoms with Crippen LogP contribution in [-0.2, 0) is 19.7 Å². The van der Waals surface area contributed by atoms with Gasteiger partial charge in [0.05, 0.1) is 7.11 Å². The standard InChI is InChI=1S/C5H10N2O4S/c1-7-4(5(8)11-2)3-6-12(7,9)10/h4,6H,3H2,1-2H3. The van der Waals surface area contributed by atoms with Gasteiger partial charge in [0.2, 0.25) is 0 Å². The van der Waals surface area contributed by atoms with Crippen LogP contribution < -0.4 is 4.72 Å². The van der Waals surface area contributed by atoms with Crippen LogP contribution in [0.25, 0.3) is 0 Å². The average Bonchev–Trinajstić information content (AvgIpc) is 2.27. The summed E-state index contributed by atoms with van der Waals surface area (Å²) in [5, 5.41) is 0. The zero-order valence-corrected chi connectivity index (χ0v) is 7.59. The topological polar surface area (TPSA) is 75.7 Å². The molecule has 12 heavy (non-hydrogen) atoms. The minimum absolute atomic E-state index is 0.0749. The molecule has 0 spiro atoms. The second-order valence-electron chi connectivity index (χ2n) is 2.41. The van der Waals surface area contributed by atoms with E-state index in [-0.39, 0.29) is 6.54 Å². The number of rotatable bonds is 1. The van der Waals surface area contributed by atoms with Gasteiger partial charge in [-0.3, -0.25) is 4.79 Å². The third-order valence-corrected chi connectivity index (χ3v) is 3.29. The maximum atomic E-state index is 11.0. The molecule has 6 nitrogen and oxygen atoms in total. The first kappa shape index (κ1) is 9.43. The first-order chi connectivity index (χ1) is 5.49. The lowest BCUT2D eigenvalue weighted by molar-refractivity contribution is -0.144. The van der Waals surface area contributed by atoms with Crippen LogP contribution in [0.5, 0.6) is 0 Å². The fraction of sp³-hybridized carbons (Fsp3) is 0.800. The molecular weight excluding hydrogens is 184 g/mol. The molecule has 1 atom stereocenters. The van der Waals surface area contributed by atoms with Gasteiger partial charge in [0.1, 0.15) is 6.04 Å². The number of likely N-dealkylation sites (N-methyl/N-ethyl adjacent to an activating group) is 1. The average molecular weight is 194 g/mol. The van der Waals surface area contributed by atoms with E-state index in [4.69, 9.17) is 0 Å². The van der Waals surface area contributed by atoms with Gasteiger partial charge in [-0.1, -0.05) is 0 Å². The Kier molecular flexibility index (Phi) is 2.36. The third kappa shape index (κ3) is 1.43. The Morgan fingerprint density at radius 1 is 1.67 bits per heavy atom. The molecule has 1 unspecified atom stereocenters. The number of nitrogens with one attached hydrogen (secondary N) is 1. The predicted molar refractivity (Wildman–Crippen MR) is 40.5 cm³/mol. The normalized spacial score (nSPS) is 28.7. The quantitative estimate of drug-likeness (QED) is 0.505. The van der Waals surface area contributed by atoms with E-state index in [1.807, 2.05) is 0 Å². The van der Waals surface area contributed by atoms with Crippen molar-refractivity contribution in [2.75, 3.05) is 20.7 Å². The van der Waals surface area contributed by atoms with Crippen molar-refractivity contribution >= 4 is 16.2 Å². The van der Waals surface area contributed by atoms with E-state index in [9.17, 15) is 13.2 Å². The Balaban J connectivity index is 2.81. The van der Waals surface area contributed by atoms with Crippen molar-refractivity contribution in [1.29, 1.82) is 0 Å². The van der Waals surface area contributed by atoms with Crippen LogP contribution in [0.3, 0.4) is 0 Å². The SMILES string of the molecule is COC(=O)C1CNS(=O)(=O)N1C. The number of carbonyl (C=O) groups is 1. The maximum absolute atomic E-state index is 11.0. The Bertz CT molecular complexity index is 286. The highest BCUT2D eigenvalue weighted by Gasteiger charge is 2.38. The second kappa shape index (κ2) is 3.00. The first-order valence-corrected chi connectivity index (χ1v) is 4.73. The summed E-state index contributed by atoms with van der Waals surface area (Å²) < 4.78 is 29.6. The minimum atomic E-state index is -3.45. The van der Waals surface area contributed by atoms with E-state index >= 15 is 0 Å². The molecule has 0 saturated carbocycles. The van der Waals surface area contributed by atoms with Crippen molar-refractivity contribution in [3.63, 3.8) is 0 Å². The van der Waals surface area contributed by atoms with E-state index in [0.29, 0.717) is 0 Å². The summed E-state index contributed by atoms with van der Waals surface area (Å²) in [4.78, 5) is 10.9. The summed E-state index contributed by atoms with van der Waals surface area (Å²) >= 11 is 0. The number of methoxy groups -OCH3 is 1. The van der Waals surface area contributed by atoms with Gasteiger partial charge < -0.3 is 4.74 Å². The van der Waals surface area contributed by atoms with E-state index in [0.717, 1.165) is 4.31 Å². The highest BCUT2D eigenvalue weighted by Crippen LogP contribution is 2.10. The number of hydrogen-bond donors (Lipinski definition) is 1. The Morgan fingerprint density at radius 2 is 2.25 bits per heavy atom. The molecule has 1 aliphatic heterocycles. The van der Waals surface area contributed by atoms with Crippen LogP contribution in [0.4, 0.5) is 0 Å². The number of ether oxygens (including phenoxy) is 1. The summed E-state index contributed by atoms with van der Waals surface area (Å²) in [7, 11) is -0.893. The molecule has 1 rings (SSSR count). The fourth-order valence-electron chi connectivity index (χ4n) is 0.950. The van der Waals surface area contributed by atoms with Gasteiger partial charge in [0.15, 0.2) is 0 Å².